The summed E-state index contributed by atoms with van der Waals surface area (Å²) in [5.41, 5.74) is 2.47. The lowest BCUT2D eigenvalue weighted by Crippen LogP contribution is -2.37. The van der Waals surface area contributed by atoms with Crippen LogP contribution in [0.3, 0.4) is 0 Å². The third kappa shape index (κ3) is 7.05. The number of aromatic nitrogens is 1. The molecule has 0 aromatic carbocycles. The standard InChI is InChI=1S/C25H39N3O2S2/c1-19-24(31-17-14-28-12-15-30-16-13-28)32-25(26-19)27-23(29)18-22(20-8-4-2-5-9-20)21-10-6-3-7-11-21/h18,20-21H,2-17H2,1H3,(H,26,27,29). The number of ether oxygens (including phenoxy) is 1. The van der Waals surface area contributed by atoms with Crippen LogP contribution in [0, 0.1) is 18.8 Å². The van der Waals surface area contributed by atoms with E-state index >= 15 is 0 Å². The first-order valence-electron chi connectivity index (χ1n) is 12.6. The van der Waals surface area contributed by atoms with Crippen molar-refractivity contribution >= 4 is 34.1 Å². The second-order valence-electron chi connectivity index (χ2n) is 9.50. The zero-order chi connectivity index (χ0) is 22.2. The van der Waals surface area contributed by atoms with Crippen molar-refractivity contribution in [2.75, 3.05) is 43.9 Å². The average molecular weight is 478 g/mol. The second-order valence-corrected chi connectivity index (χ2v) is 11.9. The minimum atomic E-state index is 0.0229. The fourth-order valence-electron chi connectivity index (χ4n) is 5.40. The Morgan fingerprint density at radius 3 is 2.34 bits per heavy atom. The van der Waals surface area contributed by atoms with E-state index in [0.717, 1.165) is 49.4 Å². The summed E-state index contributed by atoms with van der Waals surface area (Å²) in [7, 11) is 0. The highest BCUT2D eigenvalue weighted by Crippen LogP contribution is 2.39. The topological polar surface area (TPSA) is 54.5 Å². The highest BCUT2D eigenvalue weighted by atomic mass is 32.2. The average Bonchev–Trinajstić information content (AvgIpc) is 3.18. The van der Waals surface area contributed by atoms with E-state index in [4.69, 9.17) is 4.74 Å². The van der Waals surface area contributed by atoms with Gasteiger partial charge >= 0.3 is 0 Å². The van der Waals surface area contributed by atoms with Gasteiger partial charge in [-0.05, 0) is 44.4 Å². The van der Waals surface area contributed by atoms with Crippen molar-refractivity contribution in [2.45, 2.75) is 75.3 Å². The van der Waals surface area contributed by atoms with E-state index < -0.39 is 0 Å². The number of carbonyl (C=O) groups is 1. The van der Waals surface area contributed by atoms with Crippen molar-refractivity contribution in [3.63, 3.8) is 0 Å². The van der Waals surface area contributed by atoms with Crippen LogP contribution in [0.25, 0.3) is 0 Å². The summed E-state index contributed by atoms with van der Waals surface area (Å²) in [6.45, 7) is 6.87. The van der Waals surface area contributed by atoms with Gasteiger partial charge in [-0.3, -0.25) is 15.0 Å². The molecule has 0 unspecified atom stereocenters. The van der Waals surface area contributed by atoms with Crippen LogP contribution in [0.2, 0.25) is 0 Å². The third-order valence-corrected chi connectivity index (χ3v) is 9.59. The highest BCUT2D eigenvalue weighted by molar-refractivity contribution is 8.01. The lowest BCUT2D eigenvalue weighted by Gasteiger charge is -2.32. The zero-order valence-electron chi connectivity index (χ0n) is 19.6. The number of thioether (sulfide) groups is 1. The summed E-state index contributed by atoms with van der Waals surface area (Å²) in [5, 5.41) is 3.84. The highest BCUT2D eigenvalue weighted by Gasteiger charge is 2.26. The predicted molar refractivity (Wildman–Crippen MR) is 135 cm³/mol. The number of anilines is 1. The Morgan fingerprint density at radius 1 is 1.09 bits per heavy atom. The lowest BCUT2D eigenvalue weighted by molar-refractivity contribution is -0.112. The number of rotatable bonds is 8. The van der Waals surface area contributed by atoms with Crippen LogP contribution in [-0.2, 0) is 9.53 Å². The summed E-state index contributed by atoms with van der Waals surface area (Å²) < 4.78 is 6.65. The number of nitrogens with zero attached hydrogens (tertiary/aromatic N) is 2. The number of nitrogens with one attached hydrogen (secondary N) is 1. The molecule has 2 saturated carbocycles. The van der Waals surface area contributed by atoms with Crippen LogP contribution >= 0.6 is 23.1 Å². The van der Waals surface area contributed by atoms with Crippen LogP contribution in [0.4, 0.5) is 5.13 Å². The van der Waals surface area contributed by atoms with Crippen LogP contribution in [-0.4, -0.2) is 54.4 Å². The van der Waals surface area contributed by atoms with Gasteiger partial charge in [0.25, 0.3) is 0 Å². The van der Waals surface area contributed by atoms with Gasteiger partial charge in [-0.25, -0.2) is 4.98 Å². The third-order valence-electron chi connectivity index (χ3n) is 7.18. The molecule has 178 valence electrons. The molecule has 1 aromatic heterocycles. The molecule has 0 spiro atoms. The van der Waals surface area contributed by atoms with E-state index in [2.05, 4.69) is 22.1 Å². The van der Waals surface area contributed by atoms with Crippen molar-refractivity contribution < 1.29 is 9.53 Å². The maximum absolute atomic E-state index is 13.0. The SMILES string of the molecule is Cc1nc(NC(=O)C=C(C2CCCCC2)C2CCCCC2)sc1SCCN1CCOCC1. The number of hydrogen-bond donors (Lipinski definition) is 1. The Bertz CT molecular complexity index is 741. The Labute approximate surface area is 201 Å². The van der Waals surface area contributed by atoms with Gasteiger partial charge in [0, 0.05) is 31.5 Å². The summed E-state index contributed by atoms with van der Waals surface area (Å²) in [4.78, 5) is 20.1. The van der Waals surface area contributed by atoms with Gasteiger partial charge in [0.05, 0.1) is 23.1 Å². The normalized spacial score (nSPS) is 21.4. The summed E-state index contributed by atoms with van der Waals surface area (Å²) in [5.74, 6) is 2.29. The molecule has 2 heterocycles. The van der Waals surface area contributed by atoms with Gasteiger partial charge in [-0.1, -0.05) is 55.4 Å². The first-order chi connectivity index (χ1) is 15.7. The van der Waals surface area contributed by atoms with E-state index in [9.17, 15) is 4.79 Å². The zero-order valence-corrected chi connectivity index (χ0v) is 21.2. The molecule has 1 N–H and O–H groups in total. The molecule has 1 aliphatic heterocycles. The van der Waals surface area contributed by atoms with Gasteiger partial charge in [0.2, 0.25) is 5.91 Å². The predicted octanol–water partition coefficient (Wildman–Crippen LogP) is 5.90. The monoisotopic (exact) mass is 477 g/mol. The summed E-state index contributed by atoms with van der Waals surface area (Å²) in [6, 6.07) is 0. The van der Waals surface area contributed by atoms with Crippen molar-refractivity contribution in [1.29, 1.82) is 0 Å². The fraction of sp³-hybridized carbons (Fsp3) is 0.760. The fourth-order valence-corrected chi connectivity index (χ4v) is 7.61. The molecule has 3 aliphatic rings. The smallest absolute Gasteiger partial charge is 0.250 e. The van der Waals surface area contributed by atoms with Crippen LogP contribution < -0.4 is 5.32 Å². The van der Waals surface area contributed by atoms with Crippen LogP contribution in [0.5, 0.6) is 0 Å². The van der Waals surface area contributed by atoms with Gasteiger partial charge in [0.15, 0.2) is 5.13 Å². The van der Waals surface area contributed by atoms with Crippen molar-refractivity contribution in [3.05, 3.63) is 17.3 Å². The minimum absolute atomic E-state index is 0.0229. The van der Waals surface area contributed by atoms with Crippen LogP contribution in [0.15, 0.2) is 15.9 Å². The van der Waals surface area contributed by atoms with E-state index in [-0.39, 0.29) is 5.91 Å². The molecule has 32 heavy (non-hydrogen) atoms. The summed E-state index contributed by atoms with van der Waals surface area (Å²) >= 11 is 3.47. The molecule has 2 aliphatic carbocycles. The van der Waals surface area contributed by atoms with Gasteiger partial charge in [-0.15, -0.1) is 11.8 Å². The molecule has 0 bridgehead atoms. The van der Waals surface area contributed by atoms with Crippen molar-refractivity contribution in [2.24, 2.45) is 11.8 Å². The molecule has 0 radical (unpaired) electrons. The minimum Gasteiger partial charge on any atom is -0.379 e. The Hall–Kier alpha value is -0.890. The molecule has 5 nitrogen and oxygen atoms in total. The maximum Gasteiger partial charge on any atom is 0.250 e. The molecule has 0 atom stereocenters. The Morgan fingerprint density at radius 2 is 1.72 bits per heavy atom. The first kappa shape index (κ1) is 24.2. The van der Waals surface area contributed by atoms with Gasteiger partial charge in [-0.2, -0.15) is 0 Å². The molecule has 1 saturated heterocycles. The molecule has 7 heteroatoms. The number of amides is 1. The Balaban J connectivity index is 1.34. The molecular formula is C25H39N3O2S2. The number of carbonyl (C=O) groups excluding carboxylic acids is 1. The van der Waals surface area contributed by atoms with Crippen molar-refractivity contribution in [3.8, 4) is 0 Å². The van der Waals surface area contributed by atoms with E-state index in [1.54, 1.807) is 11.3 Å². The molecule has 1 amide bonds. The molecular weight excluding hydrogens is 438 g/mol. The molecule has 4 rings (SSSR count). The quantitative estimate of drug-likeness (QED) is 0.373. The number of hydrogen-bond acceptors (Lipinski definition) is 6. The molecule has 3 fully saturated rings. The number of morpholine rings is 1. The largest absolute Gasteiger partial charge is 0.379 e. The second kappa shape index (κ2) is 12.5. The van der Waals surface area contributed by atoms with Crippen molar-refractivity contribution in [1.82, 2.24) is 9.88 Å². The first-order valence-corrected chi connectivity index (χ1v) is 14.4. The van der Waals surface area contributed by atoms with E-state index in [0.29, 0.717) is 11.8 Å². The van der Waals surface area contributed by atoms with E-state index in [1.165, 1.54) is 74.0 Å². The van der Waals surface area contributed by atoms with Gasteiger partial charge in [0.1, 0.15) is 0 Å². The number of allylic oxidation sites excluding steroid dienone is 1. The lowest BCUT2D eigenvalue weighted by atomic mass is 9.73. The molecule has 1 aromatic rings. The van der Waals surface area contributed by atoms with E-state index in [1.807, 2.05) is 17.8 Å². The number of aryl methyl sites for hydroxylation is 1. The maximum atomic E-state index is 13.0. The summed E-state index contributed by atoms with van der Waals surface area (Å²) in [6.07, 6.45) is 15.0. The Kier molecular flexibility index (Phi) is 9.50. The number of thiazole rings is 1. The van der Waals surface area contributed by atoms with Gasteiger partial charge < -0.3 is 4.74 Å². The van der Waals surface area contributed by atoms with Crippen LogP contribution in [0.1, 0.15) is 69.9 Å².